The molecule has 1 aromatic rings. The lowest BCUT2D eigenvalue weighted by atomic mass is 10.2. The fraction of sp³-hybridized carbons (Fsp3) is 0.455. The van der Waals surface area contributed by atoms with E-state index in [9.17, 15) is 8.42 Å². The van der Waals surface area contributed by atoms with Crippen LogP contribution in [0, 0.1) is 0 Å². The maximum atomic E-state index is 11.5. The molecule has 0 aliphatic heterocycles. The Labute approximate surface area is 108 Å². The van der Waals surface area contributed by atoms with Crippen molar-refractivity contribution < 1.29 is 8.42 Å². The summed E-state index contributed by atoms with van der Waals surface area (Å²) in [6.45, 7) is 0.336. The standard InChI is InChI=1S/C11H17ClN2O2S/c1-13(2)11-6-4-10(5-7-11)8-14(3)17(15,16)9-12/h4-7H,8-9H2,1-3H3. The monoisotopic (exact) mass is 276 g/mol. The van der Waals surface area contributed by atoms with Gasteiger partial charge in [-0.05, 0) is 17.7 Å². The third-order valence-corrected chi connectivity index (χ3v) is 4.65. The second-order valence-electron chi connectivity index (χ2n) is 4.04. The van der Waals surface area contributed by atoms with Crippen molar-refractivity contribution in [2.75, 3.05) is 31.3 Å². The molecule has 0 fully saturated rings. The first-order valence-electron chi connectivity index (χ1n) is 5.13. The van der Waals surface area contributed by atoms with Crippen LogP contribution in [0.2, 0.25) is 0 Å². The summed E-state index contributed by atoms with van der Waals surface area (Å²) in [5.74, 6) is 0. The van der Waals surface area contributed by atoms with Crippen molar-refractivity contribution >= 4 is 27.3 Å². The molecule has 0 spiro atoms. The first-order valence-corrected chi connectivity index (χ1v) is 7.27. The lowest BCUT2D eigenvalue weighted by Crippen LogP contribution is -2.27. The van der Waals surface area contributed by atoms with Gasteiger partial charge in [0.1, 0.15) is 5.21 Å². The maximum Gasteiger partial charge on any atom is 0.228 e. The molecule has 1 aromatic carbocycles. The number of halogens is 1. The van der Waals surface area contributed by atoms with Gasteiger partial charge in [-0.2, -0.15) is 4.31 Å². The van der Waals surface area contributed by atoms with Crippen LogP contribution in [0.5, 0.6) is 0 Å². The lowest BCUT2D eigenvalue weighted by molar-refractivity contribution is 0.471. The zero-order valence-electron chi connectivity index (χ0n) is 10.2. The van der Waals surface area contributed by atoms with Crippen LogP contribution in [0.3, 0.4) is 0 Å². The van der Waals surface area contributed by atoms with Crippen LogP contribution in [-0.2, 0) is 16.6 Å². The number of benzene rings is 1. The van der Waals surface area contributed by atoms with Gasteiger partial charge in [0.25, 0.3) is 0 Å². The normalized spacial score (nSPS) is 11.8. The average molecular weight is 277 g/mol. The van der Waals surface area contributed by atoms with Gasteiger partial charge in [-0.25, -0.2) is 8.42 Å². The molecule has 0 aromatic heterocycles. The first kappa shape index (κ1) is 14.3. The number of alkyl halides is 1. The molecule has 1 rings (SSSR count). The van der Waals surface area contributed by atoms with Crippen molar-refractivity contribution in [2.45, 2.75) is 6.54 Å². The predicted molar refractivity (Wildman–Crippen MR) is 71.9 cm³/mol. The molecule has 0 saturated heterocycles. The van der Waals surface area contributed by atoms with E-state index in [1.165, 1.54) is 11.4 Å². The average Bonchev–Trinajstić information content (AvgIpc) is 2.29. The number of nitrogens with zero attached hydrogens (tertiary/aromatic N) is 2. The molecule has 0 heterocycles. The van der Waals surface area contributed by atoms with Crippen LogP contribution in [0.25, 0.3) is 0 Å². The highest BCUT2D eigenvalue weighted by Gasteiger charge is 2.16. The Balaban J connectivity index is 2.76. The molecule has 4 nitrogen and oxygen atoms in total. The van der Waals surface area contributed by atoms with Gasteiger partial charge in [0, 0.05) is 33.4 Å². The van der Waals surface area contributed by atoms with Gasteiger partial charge in [-0.1, -0.05) is 12.1 Å². The van der Waals surface area contributed by atoms with Gasteiger partial charge in [-0.15, -0.1) is 11.6 Å². The van der Waals surface area contributed by atoms with Crippen molar-refractivity contribution in [3.8, 4) is 0 Å². The summed E-state index contributed by atoms with van der Waals surface area (Å²) in [6, 6.07) is 7.73. The molecule has 0 N–H and O–H groups in total. The van der Waals surface area contributed by atoms with Crippen molar-refractivity contribution in [3.05, 3.63) is 29.8 Å². The molecule has 96 valence electrons. The molecule has 0 aliphatic carbocycles. The minimum absolute atomic E-state index is 0.336. The van der Waals surface area contributed by atoms with Gasteiger partial charge in [0.05, 0.1) is 0 Å². The van der Waals surface area contributed by atoms with E-state index in [0.29, 0.717) is 6.54 Å². The SMILES string of the molecule is CN(C)c1ccc(CN(C)S(=O)(=O)CCl)cc1. The third-order valence-electron chi connectivity index (χ3n) is 2.47. The molecule has 0 amide bonds. The van der Waals surface area contributed by atoms with Gasteiger partial charge < -0.3 is 4.90 Å². The largest absolute Gasteiger partial charge is 0.378 e. The van der Waals surface area contributed by atoms with Crippen molar-refractivity contribution in [3.63, 3.8) is 0 Å². The quantitative estimate of drug-likeness (QED) is 0.769. The summed E-state index contributed by atoms with van der Waals surface area (Å²) in [4.78, 5) is 1.99. The van der Waals surface area contributed by atoms with E-state index < -0.39 is 10.0 Å². The molecular formula is C11H17ClN2O2S. The third kappa shape index (κ3) is 3.87. The lowest BCUT2D eigenvalue weighted by Gasteiger charge is -2.17. The summed E-state index contributed by atoms with van der Waals surface area (Å²) < 4.78 is 24.2. The molecule has 0 saturated carbocycles. The Morgan fingerprint density at radius 1 is 1.12 bits per heavy atom. The van der Waals surface area contributed by atoms with Gasteiger partial charge in [0.2, 0.25) is 10.0 Å². The fourth-order valence-electron chi connectivity index (χ4n) is 1.34. The van der Waals surface area contributed by atoms with E-state index in [2.05, 4.69) is 0 Å². The zero-order valence-corrected chi connectivity index (χ0v) is 11.8. The minimum Gasteiger partial charge on any atom is -0.378 e. The zero-order chi connectivity index (χ0) is 13.1. The van der Waals surface area contributed by atoms with Crippen LogP contribution in [-0.4, -0.2) is 39.1 Å². The number of hydrogen-bond acceptors (Lipinski definition) is 3. The van der Waals surface area contributed by atoms with Crippen LogP contribution in [0.1, 0.15) is 5.56 Å². The Morgan fingerprint density at radius 2 is 1.65 bits per heavy atom. The maximum absolute atomic E-state index is 11.5. The number of anilines is 1. The fourth-order valence-corrected chi connectivity index (χ4v) is 2.35. The van der Waals surface area contributed by atoms with E-state index in [-0.39, 0.29) is 5.21 Å². The highest BCUT2D eigenvalue weighted by atomic mass is 35.5. The van der Waals surface area contributed by atoms with Gasteiger partial charge in [-0.3, -0.25) is 0 Å². The summed E-state index contributed by atoms with van der Waals surface area (Å²) in [6.07, 6.45) is 0. The minimum atomic E-state index is -3.33. The molecular weight excluding hydrogens is 260 g/mol. The molecule has 6 heteroatoms. The summed E-state index contributed by atoms with van der Waals surface area (Å²) in [7, 11) is 2.11. The summed E-state index contributed by atoms with van der Waals surface area (Å²) >= 11 is 5.38. The smallest absolute Gasteiger partial charge is 0.228 e. The second kappa shape index (κ2) is 5.71. The molecule has 0 radical (unpaired) electrons. The van der Waals surface area contributed by atoms with Gasteiger partial charge in [0.15, 0.2) is 0 Å². The van der Waals surface area contributed by atoms with E-state index in [1.807, 2.05) is 43.3 Å². The number of rotatable bonds is 5. The van der Waals surface area contributed by atoms with Crippen LogP contribution >= 0.6 is 11.6 Å². The Kier molecular flexibility index (Phi) is 4.80. The topological polar surface area (TPSA) is 40.6 Å². The van der Waals surface area contributed by atoms with E-state index >= 15 is 0 Å². The summed E-state index contributed by atoms with van der Waals surface area (Å²) in [5, 5.41) is -0.390. The molecule has 0 atom stereocenters. The first-order chi connectivity index (χ1) is 7.86. The number of hydrogen-bond donors (Lipinski definition) is 0. The van der Waals surface area contributed by atoms with E-state index in [1.54, 1.807) is 0 Å². The van der Waals surface area contributed by atoms with Gasteiger partial charge >= 0.3 is 0 Å². The highest BCUT2D eigenvalue weighted by Crippen LogP contribution is 2.14. The molecule has 0 unspecified atom stereocenters. The Hall–Kier alpha value is -0.780. The van der Waals surface area contributed by atoms with Crippen molar-refractivity contribution in [1.29, 1.82) is 0 Å². The molecule has 0 bridgehead atoms. The Morgan fingerprint density at radius 3 is 2.06 bits per heavy atom. The van der Waals surface area contributed by atoms with E-state index in [4.69, 9.17) is 11.6 Å². The van der Waals surface area contributed by atoms with Crippen LogP contribution in [0.4, 0.5) is 5.69 Å². The Bertz CT molecular complexity index is 457. The molecule has 17 heavy (non-hydrogen) atoms. The summed E-state index contributed by atoms with van der Waals surface area (Å²) in [5.41, 5.74) is 2.02. The second-order valence-corrected chi connectivity index (χ2v) is 6.70. The van der Waals surface area contributed by atoms with Crippen molar-refractivity contribution in [2.24, 2.45) is 0 Å². The predicted octanol–water partition coefficient (Wildman–Crippen LogP) is 1.71. The van der Waals surface area contributed by atoms with Crippen LogP contribution in [0.15, 0.2) is 24.3 Å². The van der Waals surface area contributed by atoms with Crippen LogP contribution < -0.4 is 4.90 Å². The molecule has 0 aliphatic rings. The number of sulfonamides is 1. The van der Waals surface area contributed by atoms with E-state index in [0.717, 1.165) is 11.3 Å². The highest BCUT2D eigenvalue weighted by molar-refractivity contribution is 7.90. The van der Waals surface area contributed by atoms with Crippen molar-refractivity contribution in [1.82, 2.24) is 4.31 Å².